The van der Waals surface area contributed by atoms with E-state index >= 15 is 0 Å². The maximum Gasteiger partial charge on any atom is 0.269 e. The van der Waals surface area contributed by atoms with E-state index in [2.05, 4.69) is 5.32 Å². The first kappa shape index (κ1) is 17.9. The number of nitro groups is 1. The topological polar surface area (TPSA) is 125 Å². The Bertz CT molecular complexity index is 939. The third-order valence-corrected chi connectivity index (χ3v) is 3.95. The predicted molar refractivity (Wildman–Crippen MR) is 96.2 cm³/mol. The number of nitriles is 1. The fourth-order valence-electron chi connectivity index (χ4n) is 2.36. The molecule has 1 amide bonds. The molecule has 136 valence electrons. The van der Waals surface area contributed by atoms with E-state index in [1.54, 1.807) is 30.3 Å². The van der Waals surface area contributed by atoms with Gasteiger partial charge in [0.15, 0.2) is 5.57 Å². The molecule has 0 atom stereocenters. The Labute approximate surface area is 154 Å². The van der Waals surface area contributed by atoms with Crippen molar-refractivity contribution in [3.8, 4) is 17.6 Å². The molecule has 8 nitrogen and oxygen atoms in total. The van der Waals surface area contributed by atoms with Crippen molar-refractivity contribution < 1.29 is 19.6 Å². The number of carbonyl (C=O) groups is 1. The van der Waals surface area contributed by atoms with Crippen molar-refractivity contribution in [1.82, 2.24) is 0 Å². The van der Waals surface area contributed by atoms with Crippen LogP contribution in [0.25, 0.3) is 0 Å². The molecule has 1 fully saturated rings. The summed E-state index contributed by atoms with van der Waals surface area (Å²) in [5.74, 6) is -0.0119. The molecule has 0 aromatic heterocycles. The number of nitrogens with one attached hydrogen (secondary N) is 1. The zero-order valence-electron chi connectivity index (χ0n) is 14.1. The second kappa shape index (κ2) is 7.58. The molecule has 2 aromatic carbocycles. The highest BCUT2D eigenvalue weighted by atomic mass is 16.6. The van der Waals surface area contributed by atoms with Gasteiger partial charge in [-0.05, 0) is 49.2 Å². The van der Waals surface area contributed by atoms with Gasteiger partial charge in [-0.2, -0.15) is 5.26 Å². The number of hydrogen-bond acceptors (Lipinski definition) is 6. The molecule has 1 saturated carbocycles. The van der Waals surface area contributed by atoms with Crippen molar-refractivity contribution in [2.75, 3.05) is 5.32 Å². The minimum atomic E-state index is -0.661. The average Bonchev–Trinajstić information content (AvgIpc) is 3.49. The molecular formula is C19H15N3O5. The lowest BCUT2D eigenvalue weighted by Gasteiger charge is -2.08. The van der Waals surface area contributed by atoms with Crippen LogP contribution in [-0.2, 0) is 4.79 Å². The van der Waals surface area contributed by atoms with E-state index in [1.807, 2.05) is 0 Å². The molecule has 0 spiro atoms. The van der Waals surface area contributed by atoms with Gasteiger partial charge in [0.25, 0.3) is 11.6 Å². The number of aliphatic hydroxyl groups is 1. The summed E-state index contributed by atoms with van der Waals surface area (Å²) < 4.78 is 5.58. The number of nitrogens with zero attached hydrogens (tertiary/aromatic N) is 2. The summed E-state index contributed by atoms with van der Waals surface area (Å²) in [6.07, 6.45) is 1.55. The molecule has 0 unspecified atom stereocenters. The van der Waals surface area contributed by atoms with Crippen LogP contribution in [0.3, 0.4) is 0 Å². The van der Waals surface area contributed by atoms with Crippen LogP contribution in [-0.4, -0.2) is 15.9 Å². The Morgan fingerprint density at radius 1 is 1.15 bits per heavy atom. The summed E-state index contributed by atoms with van der Waals surface area (Å²) in [7, 11) is 0. The highest BCUT2D eigenvalue weighted by molar-refractivity contribution is 6.07. The largest absolute Gasteiger partial charge is 0.510 e. The lowest BCUT2D eigenvalue weighted by atomic mass is 10.1. The molecule has 0 radical (unpaired) electrons. The van der Waals surface area contributed by atoms with Crippen LogP contribution in [0.4, 0.5) is 11.4 Å². The molecule has 1 aliphatic rings. The summed E-state index contributed by atoms with van der Waals surface area (Å²) in [6, 6.07) is 13.8. The quantitative estimate of drug-likeness (QED) is 0.261. The minimum absolute atomic E-state index is 0.0313. The number of hydrogen-bond donors (Lipinski definition) is 2. The zero-order chi connectivity index (χ0) is 19.4. The standard InChI is InChI=1S/C19H15N3O5/c20-11-17(18(23)12-1-2-12)19(24)21-13-3-7-15(8-4-13)27-16-9-5-14(6-10-16)22(25)26/h3-10,12,23H,1-2H2,(H,21,24). The highest BCUT2D eigenvalue weighted by Crippen LogP contribution is 2.36. The number of nitro benzene ring substituents is 1. The molecule has 3 rings (SSSR count). The summed E-state index contributed by atoms with van der Waals surface area (Å²) in [4.78, 5) is 22.3. The third-order valence-electron chi connectivity index (χ3n) is 3.95. The molecule has 2 aromatic rings. The Morgan fingerprint density at radius 2 is 1.70 bits per heavy atom. The van der Waals surface area contributed by atoms with E-state index < -0.39 is 10.8 Å². The maximum absolute atomic E-state index is 12.1. The number of benzene rings is 2. The first-order valence-corrected chi connectivity index (χ1v) is 8.15. The highest BCUT2D eigenvalue weighted by Gasteiger charge is 2.30. The normalized spacial score (nSPS) is 13.9. The van der Waals surface area contributed by atoms with Crippen LogP contribution in [0.15, 0.2) is 59.9 Å². The van der Waals surface area contributed by atoms with E-state index in [4.69, 9.17) is 10.00 Å². The number of allylic oxidation sites excluding steroid dienone is 1. The fourth-order valence-corrected chi connectivity index (χ4v) is 2.36. The Morgan fingerprint density at radius 3 is 2.19 bits per heavy atom. The van der Waals surface area contributed by atoms with Crippen molar-refractivity contribution in [2.45, 2.75) is 12.8 Å². The van der Waals surface area contributed by atoms with Crippen molar-refractivity contribution in [1.29, 1.82) is 5.26 Å². The van der Waals surface area contributed by atoms with Gasteiger partial charge < -0.3 is 15.2 Å². The van der Waals surface area contributed by atoms with Gasteiger partial charge in [0.1, 0.15) is 23.3 Å². The number of ether oxygens (including phenoxy) is 1. The van der Waals surface area contributed by atoms with Gasteiger partial charge in [-0.25, -0.2) is 0 Å². The maximum atomic E-state index is 12.1. The monoisotopic (exact) mass is 365 g/mol. The molecule has 0 aliphatic heterocycles. The lowest BCUT2D eigenvalue weighted by molar-refractivity contribution is -0.384. The van der Waals surface area contributed by atoms with E-state index in [9.17, 15) is 20.0 Å². The van der Waals surface area contributed by atoms with Crippen molar-refractivity contribution in [2.24, 2.45) is 5.92 Å². The number of non-ortho nitro benzene ring substituents is 1. The lowest BCUT2D eigenvalue weighted by Crippen LogP contribution is -2.15. The second-order valence-corrected chi connectivity index (χ2v) is 5.98. The van der Waals surface area contributed by atoms with Gasteiger partial charge in [0.2, 0.25) is 0 Å². The second-order valence-electron chi connectivity index (χ2n) is 5.98. The van der Waals surface area contributed by atoms with Crippen LogP contribution in [0.5, 0.6) is 11.5 Å². The SMILES string of the molecule is N#CC(C(=O)Nc1ccc(Oc2ccc([N+](=O)[O-])cc2)cc1)=C(O)C1CC1. The molecule has 0 bridgehead atoms. The number of amides is 1. The van der Waals surface area contributed by atoms with Gasteiger partial charge in [-0.1, -0.05) is 0 Å². The first-order valence-electron chi connectivity index (χ1n) is 8.15. The number of carbonyl (C=O) groups excluding carboxylic acids is 1. The van der Waals surface area contributed by atoms with Crippen LogP contribution in [0.2, 0.25) is 0 Å². The van der Waals surface area contributed by atoms with E-state index in [1.165, 1.54) is 24.3 Å². The Hall–Kier alpha value is -3.86. The summed E-state index contributed by atoms with van der Waals surface area (Å²) in [6.45, 7) is 0. The van der Waals surface area contributed by atoms with Gasteiger partial charge in [-0.3, -0.25) is 14.9 Å². The van der Waals surface area contributed by atoms with E-state index in [-0.39, 0.29) is 22.9 Å². The Kier molecular flexibility index (Phi) is 5.04. The number of rotatable bonds is 6. The van der Waals surface area contributed by atoms with Gasteiger partial charge >= 0.3 is 0 Å². The number of anilines is 1. The van der Waals surface area contributed by atoms with E-state index in [0.29, 0.717) is 17.2 Å². The zero-order valence-corrected chi connectivity index (χ0v) is 14.1. The molecule has 1 aliphatic carbocycles. The molecule has 0 heterocycles. The van der Waals surface area contributed by atoms with Crippen LogP contribution in [0.1, 0.15) is 12.8 Å². The third kappa shape index (κ3) is 4.41. The molecule has 2 N–H and O–H groups in total. The van der Waals surface area contributed by atoms with Gasteiger partial charge in [-0.15, -0.1) is 0 Å². The predicted octanol–water partition coefficient (Wildman–Crippen LogP) is 4.07. The van der Waals surface area contributed by atoms with Crippen LogP contribution < -0.4 is 10.1 Å². The number of aliphatic hydroxyl groups excluding tert-OH is 1. The van der Waals surface area contributed by atoms with Crippen LogP contribution in [0, 0.1) is 27.4 Å². The average molecular weight is 365 g/mol. The summed E-state index contributed by atoms with van der Waals surface area (Å²) in [5.41, 5.74) is 0.132. The summed E-state index contributed by atoms with van der Waals surface area (Å²) >= 11 is 0. The summed E-state index contributed by atoms with van der Waals surface area (Å²) in [5, 5.41) is 32.2. The molecule has 27 heavy (non-hydrogen) atoms. The molecule has 0 saturated heterocycles. The van der Waals surface area contributed by atoms with Crippen molar-refractivity contribution in [3.05, 3.63) is 70.0 Å². The van der Waals surface area contributed by atoms with Gasteiger partial charge in [0.05, 0.1) is 4.92 Å². The van der Waals surface area contributed by atoms with Crippen molar-refractivity contribution >= 4 is 17.3 Å². The van der Waals surface area contributed by atoms with Crippen molar-refractivity contribution in [3.63, 3.8) is 0 Å². The van der Waals surface area contributed by atoms with Crippen LogP contribution >= 0.6 is 0 Å². The fraction of sp³-hybridized carbons (Fsp3) is 0.158. The van der Waals surface area contributed by atoms with E-state index in [0.717, 1.165) is 12.8 Å². The molecular weight excluding hydrogens is 350 g/mol. The smallest absolute Gasteiger partial charge is 0.269 e. The molecule has 8 heteroatoms. The van der Waals surface area contributed by atoms with Gasteiger partial charge in [0, 0.05) is 23.7 Å². The minimum Gasteiger partial charge on any atom is -0.510 e. The Balaban J connectivity index is 1.65. The first-order chi connectivity index (χ1) is 13.0.